The number of carbonyl (C=O) groups is 1. The first kappa shape index (κ1) is 18.2. The van der Waals surface area contributed by atoms with E-state index < -0.39 is 17.8 Å². The molecule has 138 valence electrons. The van der Waals surface area contributed by atoms with E-state index in [-0.39, 0.29) is 17.0 Å². The maximum atomic E-state index is 13.1. The fourth-order valence-corrected chi connectivity index (χ4v) is 2.56. The molecular weight excluding hydrogens is 373 g/mol. The number of aromatic nitrogens is 5. The molecule has 0 aliphatic heterocycles. The van der Waals surface area contributed by atoms with Crippen LogP contribution in [0.1, 0.15) is 28.3 Å². The number of hydrogen-bond acceptors (Lipinski definition) is 4. The van der Waals surface area contributed by atoms with Gasteiger partial charge < -0.3 is 5.32 Å². The number of carbonyl (C=O) groups excluding carboxylic acids is 1. The zero-order chi connectivity index (χ0) is 18.9. The SMILES string of the molecule is Cc1cc(C(F)(F)F)n2nc(C(=O)NCCCn3cc(Cl)cn3)cc2n1. The third-order valence-corrected chi connectivity index (χ3v) is 3.72. The van der Waals surface area contributed by atoms with Crippen molar-refractivity contribution in [1.29, 1.82) is 0 Å². The van der Waals surface area contributed by atoms with Crippen molar-refractivity contribution in [2.24, 2.45) is 0 Å². The molecule has 0 spiro atoms. The number of nitrogens with zero attached hydrogens (tertiary/aromatic N) is 5. The van der Waals surface area contributed by atoms with Gasteiger partial charge in [0.15, 0.2) is 11.3 Å². The van der Waals surface area contributed by atoms with Crippen LogP contribution in [-0.2, 0) is 12.7 Å². The highest BCUT2D eigenvalue weighted by Crippen LogP contribution is 2.29. The Bertz CT molecular complexity index is 949. The van der Waals surface area contributed by atoms with Gasteiger partial charge in [-0.05, 0) is 19.4 Å². The molecule has 0 aliphatic carbocycles. The quantitative estimate of drug-likeness (QED) is 0.684. The second-order valence-corrected chi connectivity index (χ2v) is 6.05. The van der Waals surface area contributed by atoms with Crippen LogP contribution in [0.3, 0.4) is 0 Å². The van der Waals surface area contributed by atoms with E-state index in [0.717, 1.165) is 6.07 Å². The van der Waals surface area contributed by atoms with Crippen molar-refractivity contribution >= 4 is 23.2 Å². The lowest BCUT2D eigenvalue weighted by molar-refractivity contribution is -0.142. The Morgan fingerprint density at radius 3 is 2.77 bits per heavy atom. The van der Waals surface area contributed by atoms with Crippen molar-refractivity contribution in [2.45, 2.75) is 26.1 Å². The Hall–Kier alpha value is -2.62. The van der Waals surface area contributed by atoms with E-state index in [1.54, 1.807) is 10.9 Å². The van der Waals surface area contributed by atoms with E-state index in [4.69, 9.17) is 11.6 Å². The molecule has 1 N–H and O–H groups in total. The highest BCUT2D eigenvalue weighted by molar-refractivity contribution is 6.30. The molecule has 0 fully saturated rings. The Labute approximate surface area is 150 Å². The van der Waals surface area contributed by atoms with Gasteiger partial charge in [0.05, 0.1) is 11.2 Å². The van der Waals surface area contributed by atoms with Crippen LogP contribution in [0, 0.1) is 6.92 Å². The predicted octanol–water partition coefficient (Wildman–Crippen LogP) is 2.73. The summed E-state index contributed by atoms with van der Waals surface area (Å²) >= 11 is 5.75. The summed E-state index contributed by atoms with van der Waals surface area (Å²) in [6, 6.07) is 2.11. The van der Waals surface area contributed by atoms with Crippen LogP contribution in [0.2, 0.25) is 5.02 Å². The van der Waals surface area contributed by atoms with E-state index in [0.29, 0.717) is 29.0 Å². The van der Waals surface area contributed by atoms with Gasteiger partial charge >= 0.3 is 6.18 Å². The number of halogens is 4. The Morgan fingerprint density at radius 1 is 1.35 bits per heavy atom. The van der Waals surface area contributed by atoms with Crippen molar-refractivity contribution in [3.05, 3.63) is 46.6 Å². The summed E-state index contributed by atoms with van der Waals surface area (Å²) < 4.78 is 41.6. The summed E-state index contributed by atoms with van der Waals surface area (Å²) in [6.07, 6.45) is -0.874. The summed E-state index contributed by atoms with van der Waals surface area (Å²) in [5.74, 6) is -0.570. The van der Waals surface area contributed by atoms with E-state index in [1.807, 2.05) is 0 Å². The first-order valence-electron chi connectivity index (χ1n) is 7.65. The van der Waals surface area contributed by atoms with Gasteiger partial charge in [-0.2, -0.15) is 23.4 Å². The summed E-state index contributed by atoms with van der Waals surface area (Å²) in [7, 11) is 0. The van der Waals surface area contributed by atoms with Crippen LogP contribution < -0.4 is 5.32 Å². The van der Waals surface area contributed by atoms with Crippen molar-refractivity contribution in [2.75, 3.05) is 6.54 Å². The number of hydrogen-bond donors (Lipinski definition) is 1. The fourth-order valence-electron chi connectivity index (χ4n) is 2.41. The molecule has 3 rings (SSSR count). The second-order valence-electron chi connectivity index (χ2n) is 5.61. The molecule has 1 amide bonds. The molecule has 0 unspecified atom stereocenters. The van der Waals surface area contributed by atoms with Crippen LogP contribution >= 0.6 is 11.6 Å². The van der Waals surface area contributed by atoms with Gasteiger partial charge in [0.25, 0.3) is 5.91 Å². The number of amides is 1. The standard InChI is InChI=1S/C15H14ClF3N6O/c1-9-5-12(15(17,18)19)25-13(22-9)6-11(23-25)14(26)20-3-2-4-24-8-10(16)7-21-24/h5-8H,2-4H2,1H3,(H,20,26). The summed E-state index contributed by atoms with van der Waals surface area (Å²) in [5, 5.41) is 10.9. The molecule has 0 bridgehead atoms. The van der Waals surface area contributed by atoms with Crippen LogP contribution in [0.4, 0.5) is 13.2 Å². The number of aryl methyl sites for hydroxylation is 2. The van der Waals surface area contributed by atoms with Crippen LogP contribution in [0.5, 0.6) is 0 Å². The minimum atomic E-state index is -4.60. The maximum Gasteiger partial charge on any atom is 0.433 e. The normalized spacial score (nSPS) is 11.9. The Kier molecular flexibility index (Phi) is 4.86. The molecule has 11 heteroatoms. The van der Waals surface area contributed by atoms with Crippen molar-refractivity contribution < 1.29 is 18.0 Å². The third kappa shape index (κ3) is 3.96. The number of rotatable bonds is 5. The molecule has 0 saturated carbocycles. The average Bonchev–Trinajstić information content (AvgIpc) is 3.15. The van der Waals surface area contributed by atoms with Gasteiger partial charge in [-0.3, -0.25) is 9.48 Å². The molecule has 3 aromatic heterocycles. The molecule has 26 heavy (non-hydrogen) atoms. The first-order chi connectivity index (χ1) is 12.2. The Balaban J connectivity index is 1.68. The minimum absolute atomic E-state index is 0.0337. The molecule has 7 nitrogen and oxygen atoms in total. The van der Waals surface area contributed by atoms with E-state index in [9.17, 15) is 18.0 Å². The van der Waals surface area contributed by atoms with Crippen molar-refractivity contribution in [3.8, 4) is 0 Å². The highest BCUT2D eigenvalue weighted by Gasteiger charge is 2.35. The lowest BCUT2D eigenvalue weighted by atomic mass is 10.3. The number of alkyl halides is 3. The largest absolute Gasteiger partial charge is 0.433 e. The zero-order valence-electron chi connectivity index (χ0n) is 13.6. The van der Waals surface area contributed by atoms with E-state index in [1.165, 1.54) is 19.2 Å². The molecule has 0 atom stereocenters. The molecule has 0 aromatic carbocycles. The van der Waals surface area contributed by atoms with Gasteiger partial charge in [-0.25, -0.2) is 9.50 Å². The smallest absolute Gasteiger partial charge is 0.351 e. The molecule has 3 aromatic rings. The second kappa shape index (κ2) is 6.94. The summed E-state index contributed by atoms with van der Waals surface area (Å²) in [6.45, 7) is 2.30. The zero-order valence-corrected chi connectivity index (χ0v) is 14.3. The third-order valence-electron chi connectivity index (χ3n) is 3.53. The number of fused-ring (bicyclic) bond motifs is 1. The molecular formula is C15H14ClF3N6O. The van der Waals surface area contributed by atoms with Crippen molar-refractivity contribution in [1.82, 2.24) is 29.7 Å². The van der Waals surface area contributed by atoms with Crippen LogP contribution in [0.15, 0.2) is 24.5 Å². The fraction of sp³-hybridized carbons (Fsp3) is 0.333. The summed E-state index contributed by atoms with van der Waals surface area (Å²) in [5.41, 5.74) is -0.950. The van der Waals surface area contributed by atoms with Crippen molar-refractivity contribution in [3.63, 3.8) is 0 Å². The minimum Gasteiger partial charge on any atom is -0.351 e. The topological polar surface area (TPSA) is 77.1 Å². The summed E-state index contributed by atoms with van der Waals surface area (Å²) in [4.78, 5) is 16.1. The molecule has 0 saturated heterocycles. The highest BCUT2D eigenvalue weighted by atomic mass is 35.5. The van der Waals surface area contributed by atoms with E-state index in [2.05, 4.69) is 20.5 Å². The molecule has 0 radical (unpaired) electrons. The Morgan fingerprint density at radius 2 is 2.12 bits per heavy atom. The number of nitrogens with one attached hydrogen (secondary N) is 1. The monoisotopic (exact) mass is 386 g/mol. The predicted molar refractivity (Wildman–Crippen MR) is 86.9 cm³/mol. The molecule has 0 aliphatic rings. The molecule has 3 heterocycles. The van der Waals surface area contributed by atoms with Crippen LogP contribution in [-0.4, -0.2) is 36.8 Å². The lowest BCUT2D eigenvalue weighted by Gasteiger charge is -2.09. The van der Waals surface area contributed by atoms with Gasteiger partial charge in [-0.15, -0.1) is 0 Å². The lowest BCUT2D eigenvalue weighted by Crippen LogP contribution is -2.26. The average molecular weight is 387 g/mol. The van der Waals surface area contributed by atoms with E-state index >= 15 is 0 Å². The first-order valence-corrected chi connectivity index (χ1v) is 8.02. The van der Waals surface area contributed by atoms with Gasteiger partial charge in [0.1, 0.15) is 5.69 Å². The van der Waals surface area contributed by atoms with Gasteiger partial charge in [0, 0.05) is 31.0 Å². The van der Waals surface area contributed by atoms with Gasteiger partial charge in [-0.1, -0.05) is 11.6 Å². The van der Waals surface area contributed by atoms with Crippen LogP contribution in [0.25, 0.3) is 5.65 Å². The van der Waals surface area contributed by atoms with Gasteiger partial charge in [0.2, 0.25) is 0 Å². The maximum absolute atomic E-state index is 13.1.